The quantitative estimate of drug-likeness (QED) is 0.869. The van der Waals surface area contributed by atoms with Crippen LogP contribution in [0.1, 0.15) is 17.5 Å². The van der Waals surface area contributed by atoms with Gasteiger partial charge >= 0.3 is 5.97 Å². The van der Waals surface area contributed by atoms with Crippen molar-refractivity contribution in [2.24, 2.45) is 0 Å². The zero-order valence-corrected chi connectivity index (χ0v) is 11.9. The molecule has 2 aliphatic heterocycles. The molecule has 6 heteroatoms. The molecule has 5 nitrogen and oxygen atoms in total. The van der Waals surface area contributed by atoms with Gasteiger partial charge in [-0.3, -0.25) is 9.69 Å². The molecule has 1 aromatic rings. The number of sulfone groups is 1. The average molecular weight is 295 g/mol. The first-order valence-electron chi connectivity index (χ1n) is 6.69. The number of benzene rings is 1. The largest absolute Gasteiger partial charge is 0.480 e. The molecule has 1 fully saturated rings. The first-order valence-corrected chi connectivity index (χ1v) is 8.51. The predicted molar refractivity (Wildman–Crippen MR) is 74.2 cm³/mol. The van der Waals surface area contributed by atoms with E-state index in [1.807, 2.05) is 29.2 Å². The first-order chi connectivity index (χ1) is 9.43. The molecule has 2 heterocycles. The summed E-state index contributed by atoms with van der Waals surface area (Å²) in [7, 11) is -3.25. The van der Waals surface area contributed by atoms with E-state index in [2.05, 4.69) is 0 Å². The van der Waals surface area contributed by atoms with Crippen LogP contribution in [0.4, 0.5) is 0 Å². The minimum absolute atomic E-state index is 0.0303. The number of rotatable bonds is 2. The van der Waals surface area contributed by atoms with E-state index in [1.165, 1.54) is 5.56 Å². The third-order valence-electron chi connectivity index (χ3n) is 4.42. The van der Waals surface area contributed by atoms with Gasteiger partial charge in [0.05, 0.1) is 11.5 Å². The van der Waals surface area contributed by atoms with Gasteiger partial charge in [-0.2, -0.15) is 0 Å². The van der Waals surface area contributed by atoms with Crippen molar-refractivity contribution in [3.63, 3.8) is 0 Å². The number of carboxylic acid groups (broad SMARTS) is 1. The van der Waals surface area contributed by atoms with Crippen molar-refractivity contribution in [3.8, 4) is 0 Å². The molecule has 0 aromatic heterocycles. The Labute approximate surface area is 118 Å². The number of aliphatic carboxylic acids is 1. The van der Waals surface area contributed by atoms with E-state index in [4.69, 9.17) is 0 Å². The summed E-state index contributed by atoms with van der Waals surface area (Å²) in [5.41, 5.74) is 1.08. The lowest BCUT2D eigenvalue weighted by Crippen LogP contribution is -2.57. The third kappa shape index (κ3) is 2.13. The number of carbonyl (C=O) groups is 1. The highest BCUT2D eigenvalue weighted by atomic mass is 32.2. The highest BCUT2D eigenvalue weighted by molar-refractivity contribution is 7.91. The Hall–Kier alpha value is -1.40. The van der Waals surface area contributed by atoms with E-state index >= 15 is 0 Å². The van der Waals surface area contributed by atoms with Gasteiger partial charge in [0.1, 0.15) is 5.54 Å². The van der Waals surface area contributed by atoms with E-state index < -0.39 is 21.3 Å². The lowest BCUT2D eigenvalue weighted by Gasteiger charge is -2.40. The second-order valence-electron chi connectivity index (χ2n) is 5.62. The molecule has 0 radical (unpaired) electrons. The van der Waals surface area contributed by atoms with Gasteiger partial charge in [-0.05, 0) is 24.0 Å². The normalized spacial score (nSPS) is 29.0. The number of fused-ring (bicyclic) bond motifs is 1. The number of carboxylic acids is 1. The van der Waals surface area contributed by atoms with E-state index in [0.29, 0.717) is 13.1 Å². The molecule has 1 saturated heterocycles. The Morgan fingerprint density at radius 1 is 1.25 bits per heavy atom. The topological polar surface area (TPSA) is 74.7 Å². The molecule has 108 valence electrons. The number of nitrogens with zero attached hydrogens (tertiary/aromatic N) is 1. The Morgan fingerprint density at radius 3 is 2.55 bits per heavy atom. The Bertz CT molecular complexity index is 655. The van der Waals surface area contributed by atoms with Gasteiger partial charge in [-0.1, -0.05) is 24.3 Å². The third-order valence-corrected chi connectivity index (χ3v) is 6.16. The summed E-state index contributed by atoms with van der Waals surface area (Å²) in [6.07, 6.45) is 0.956. The van der Waals surface area contributed by atoms with Crippen LogP contribution in [-0.2, 0) is 27.6 Å². The van der Waals surface area contributed by atoms with Crippen LogP contribution in [0.15, 0.2) is 24.3 Å². The van der Waals surface area contributed by atoms with E-state index in [0.717, 1.165) is 12.0 Å². The fourth-order valence-electron chi connectivity index (χ4n) is 3.25. The van der Waals surface area contributed by atoms with Crippen LogP contribution < -0.4 is 0 Å². The van der Waals surface area contributed by atoms with Crippen molar-refractivity contribution in [2.45, 2.75) is 24.9 Å². The fourth-order valence-corrected chi connectivity index (χ4v) is 5.22. The zero-order chi connectivity index (χ0) is 14.4. The van der Waals surface area contributed by atoms with Gasteiger partial charge in [-0.15, -0.1) is 0 Å². The summed E-state index contributed by atoms with van der Waals surface area (Å²) in [6, 6.07) is 7.94. The molecule has 0 bridgehead atoms. The molecule has 0 amide bonds. The predicted octanol–water partition coefficient (Wildman–Crippen LogP) is 0.687. The molecule has 0 saturated carbocycles. The second kappa shape index (κ2) is 4.56. The summed E-state index contributed by atoms with van der Waals surface area (Å²) in [6.45, 7) is 1.11. The van der Waals surface area contributed by atoms with Crippen molar-refractivity contribution in [1.82, 2.24) is 4.90 Å². The van der Waals surface area contributed by atoms with Crippen molar-refractivity contribution >= 4 is 15.8 Å². The van der Waals surface area contributed by atoms with Crippen LogP contribution >= 0.6 is 0 Å². The minimum atomic E-state index is -3.25. The molecule has 0 spiro atoms. The summed E-state index contributed by atoms with van der Waals surface area (Å²) in [4.78, 5) is 13.6. The van der Waals surface area contributed by atoms with Crippen molar-refractivity contribution in [2.75, 3.05) is 18.1 Å². The smallest absolute Gasteiger partial charge is 0.325 e. The van der Waals surface area contributed by atoms with Crippen LogP contribution in [0.5, 0.6) is 0 Å². The zero-order valence-electron chi connectivity index (χ0n) is 11.1. The Kier molecular flexibility index (Phi) is 3.10. The monoisotopic (exact) mass is 295 g/mol. The number of hydrogen-bond donors (Lipinski definition) is 1. The molecule has 1 aromatic carbocycles. The van der Waals surface area contributed by atoms with Crippen LogP contribution in [0.3, 0.4) is 0 Å². The van der Waals surface area contributed by atoms with Crippen molar-refractivity contribution < 1.29 is 18.3 Å². The minimum Gasteiger partial charge on any atom is -0.480 e. The summed E-state index contributed by atoms with van der Waals surface area (Å²) in [5.74, 6) is -1.31. The summed E-state index contributed by atoms with van der Waals surface area (Å²) < 4.78 is 23.5. The molecule has 3 rings (SSSR count). The lowest BCUT2D eigenvalue weighted by atomic mass is 9.91. The standard InChI is InChI=1S/C14H17NO4S/c16-13(17)14(6-8-20(18,19)10-14)15-7-5-11-3-1-2-4-12(11)9-15/h1-4H,5-10H2,(H,16,17). The maximum Gasteiger partial charge on any atom is 0.325 e. The van der Waals surface area contributed by atoms with E-state index in [9.17, 15) is 18.3 Å². The first kappa shape index (κ1) is 13.6. The van der Waals surface area contributed by atoms with Crippen molar-refractivity contribution in [3.05, 3.63) is 35.4 Å². The summed E-state index contributed by atoms with van der Waals surface area (Å²) in [5, 5.41) is 9.59. The number of hydrogen-bond acceptors (Lipinski definition) is 4. The van der Waals surface area contributed by atoms with Crippen LogP contribution in [-0.4, -0.2) is 48.0 Å². The van der Waals surface area contributed by atoms with Gasteiger partial charge < -0.3 is 5.11 Å². The Balaban J connectivity index is 1.94. The van der Waals surface area contributed by atoms with Crippen LogP contribution in [0.25, 0.3) is 0 Å². The maximum atomic E-state index is 11.7. The lowest BCUT2D eigenvalue weighted by molar-refractivity contribution is -0.150. The highest BCUT2D eigenvalue weighted by Gasteiger charge is 2.52. The molecular formula is C14H17NO4S. The van der Waals surface area contributed by atoms with Gasteiger partial charge in [0.25, 0.3) is 0 Å². The molecule has 20 heavy (non-hydrogen) atoms. The van der Waals surface area contributed by atoms with Gasteiger partial charge in [0, 0.05) is 13.1 Å². The second-order valence-corrected chi connectivity index (χ2v) is 7.80. The van der Waals surface area contributed by atoms with E-state index in [-0.39, 0.29) is 17.9 Å². The molecule has 2 aliphatic rings. The fraction of sp³-hybridized carbons (Fsp3) is 0.500. The summed E-state index contributed by atoms with van der Waals surface area (Å²) >= 11 is 0. The Morgan fingerprint density at radius 2 is 1.95 bits per heavy atom. The van der Waals surface area contributed by atoms with Crippen molar-refractivity contribution in [1.29, 1.82) is 0 Å². The molecule has 0 aliphatic carbocycles. The SMILES string of the molecule is O=C(O)C1(N2CCc3ccccc3C2)CCS(=O)(=O)C1. The maximum absolute atomic E-state index is 11.7. The molecule has 1 unspecified atom stereocenters. The van der Waals surface area contributed by atoms with Gasteiger partial charge in [-0.25, -0.2) is 8.42 Å². The van der Waals surface area contributed by atoms with Gasteiger partial charge in [0.15, 0.2) is 9.84 Å². The molecule has 1 atom stereocenters. The average Bonchev–Trinajstić information content (AvgIpc) is 2.76. The van der Waals surface area contributed by atoms with Crippen LogP contribution in [0.2, 0.25) is 0 Å². The molecule has 1 N–H and O–H groups in total. The highest BCUT2D eigenvalue weighted by Crippen LogP contribution is 2.34. The van der Waals surface area contributed by atoms with Crippen LogP contribution in [0, 0.1) is 0 Å². The molecular weight excluding hydrogens is 278 g/mol. The van der Waals surface area contributed by atoms with E-state index in [1.54, 1.807) is 0 Å². The van der Waals surface area contributed by atoms with Gasteiger partial charge in [0.2, 0.25) is 0 Å².